The molecule has 7 heteroatoms. The molecule has 0 amide bonds. The molecule has 27 heavy (non-hydrogen) atoms. The molecule has 0 saturated heterocycles. The lowest BCUT2D eigenvalue weighted by Crippen LogP contribution is -2.46. The number of hydrogen-bond acceptors (Lipinski definition) is 6. The smallest absolute Gasteiger partial charge is 0.326 e. The first-order valence-electron chi connectivity index (χ1n) is 8.73. The molecule has 2 aromatic rings. The SMILES string of the molecule is Cc1ccc(S(=O)(=O)[O-])cc1.NC1(C(=O)OCc2ccccc2)CCCC1. The van der Waals surface area contributed by atoms with Crippen LogP contribution in [0.5, 0.6) is 0 Å². The zero-order valence-corrected chi connectivity index (χ0v) is 16.1. The highest BCUT2D eigenvalue weighted by atomic mass is 32.2. The molecule has 3 rings (SSSR count). The standard InChI is InChI=1S/C13H17NO2.C7H8O3S/c14-13(8-4-5-9-13)12(15)16-10-11-6-2-1-3-7-11;1-6-2-4-7(5-3-6)11(8,9)10/h1-3,6-7H,4-5,8-10,14H2;2-5H,1H3,(H,8,9,10)/p-1. The van der Waals surface area contributed by atoms with Crippen molar-refractivity contribution in [2.75, 3.05) is 0 Å². The van der Waals surface area contributed by atoms with Gasteiger partial charge in [0.15, 0.2) is 0 Å². The van der Waals surface area contributed by atoms with Gasteiger partial charge in [0, 0.05) is 0 Å². The summed E-state index contributed by atoms with van der Waals surface area (Å²) in [5, 5.41) is 0. The summed E-state index contributed by atoms with van der Waals surface area (Å²) in [4.78, 5) is 11.6. The highest BCUT2D eigenvalue weighted by molar-refractivity contribution is 7.85. The van der Waals surface area contributed by atoms with E-state index in [2.05, 4.69) is 0 Å². The van der Waals surface area contributed by atoms with E-state index in [4.69, 9.17) is 10.5 Å². The van der Waals surface area contributed by atoms with Gasteiger partial charge in [-0.2, -0.15) is 0 Å². The molecular weight excluding hydrogens is 366 g/mol. The number of nitrogens with two attached hydrogens (primary N) is 1. The monoisotopic (exact) mass is 390 g/mol. The first kappa shape index (κ1) is 21.1. The maximum Gasteiger partial charge on any atom is 0.326 e. The summed E-state index contributed by atoms with van der Waals surface area (Å²) < 4.78 is 36.4. The summed E-state index contributed by atoms with van der Waals surface area (Å²) in [6.07, 6.45) is 3.55. The topological polar surface area (TPSA) is 110 Å². The van der Waals surface area contributed by atoms with Gasteiger partial charge < -0.3 is 15.0 Å². The van der Waals surface area contributed by atoms with Gasteiger partial charge >= 0.3 is 5.97 Å². The van der Waals surface area contributed by atoms with Crippen molar-refractivity contribution in [3.05, 3.63) is 65.7 Å². The average molecular weight is 390 g/mol. The van der Waals surface area contributed by atoms with Gasteiger partial charge in [-0.05, 0) is 37.5 Å². The lowest BCUT2D eigenvalue weighted by molar-refractivity contribution is -0.151. The van der Waals surface area contributed by atoms with Crippen molar-refractivity contribution < 1.29 is 22.5 Å². The molecule has 0 heterocycles. The third kappa shape index (κ3) is 6.46. The molecule has 0 aliphatic heterocycles. The third-order valence-corrected chi connectivity index (χ3v) is 5.27. The largest absolute Gasteiger partial charge is 0.744 e. The van der Waals surface area contributed by atoms with E-state index in [1.165, 1.54) is 12.1 Å². The van der Waals surface area contributed by atoms with Gasteiger partial charge in [0.25, 0.3) is 0 Å². The first-order valence-corrected chi connectivity index (χ1v) is 10.1. The van der Waals surface area contributed by atoms with E-state index in [0.29, 0.717) is 6.61 Å². The van der Waals surface area contributed by atoms with Crippen LogP contribution in [0.1, 0.15) is 36.8 Å². The molecule has 1 aliphatic rings. The molecule has 0 atom stereocenters. The van der Waals surface area contributed by atoms with Gasteiger partial charge in [0.2, 0.25) is 0 Å². The molecule has 6 nitrogen and oxygen atoms in total. The Labute approximate surface area is 160 Å². The molecule has 0 spiro atoms. The Bertz CT molecular complexity index is 842. The maximum atomic E-state index is 11.8. The summed E-state index contributed by atoms with van der Waals surface area (Å²) >= 11 is 0. The Hall–Kier alpha value is -2.22. The van der Waals surface area contributed by atoms with Crippen LogP contribution in [0.15, 0.2) is 59.5 Å². The number of carbonyl (C=O) groups excluding carboxylic acids is 1. The number of rotatable bonds is 4. The van der Waals surface area contributed by atoms with Gasteiger partial charge in [0.1, 0.15) is 22.3 Å². The average Bonchev–Trinajstić information content (AvgIpc) is 3.09. The lowest BCUT2D eigenvalue weighted by atomic mass is 10.00. The molecule has 2 aromatic carbocycles. The Balaban J connectivity index is 0.000000208. The zero-order valence-electron chi connectivity index (χ0n) is 15.3. The van der Waals surface area contributed by atoms with Crippen LogP contribution in [0.2, 0.25) is 0 Å². The van der Waals surface area contributed by atoms with Crippen LogP contribution in [0.4, 0.5) is 0 Å². The molecule has 0 aromatic heterocycles. The number of benzene rings is 2. The lowest BCUT2D eigenvalue weighted by Gasteiger charge is -2.20. The molecule has 2 N–H and O–H groups in total. The number of hydrogen-bond donors (Lipinski definition) is 1. The second-order valence-electron chi connectivity index (χ2n) is 6.69. The quantitative estimate of drug-likeness (QED) is 0.635. The van der Waals surface area contributed by atoms with Crippen molar-refractivity contribution >= 4 is 16.1 Å². The highest BCUT2D eigenvalue weighted by Gasteiger charge is 2.38. The minimum absolute atomic E-state index is 0.178. The third-order valence-electron chi connectivity index (χ3n) is 4.42. The van der Waals surface area contributed by atoms with Gasteiger partial charge in [-0.25, -0.2) is 8.42 Å². The molecule has 0 unspecified atom stereocenters. The summed E-state index contributed by atoms with van der Waals surface area (Å²) in [5.41, 5.74) is 7.19. The van der Waals surface area contributed by atoms with Gasteiger partial charge in [-0.15, -0.1) is 0 Å². The van der Waals surface area contributed by atoms with Crippen molar-refractivity contribution in [1.29, 1.82) is 0 Å². The van der Waals surface area contributed by atoms with Crippen molar-refractivity contribution in [2.45, 2.75) is 49.6 Å². The van der Waals surface area contributed by atoms with Crippen molar-refractivity contribution in [3.63, 3.8) is 0 Å². The fourth-order valence-electron chi connectivity index (χ4n) is 2.78. The Kier molecular flexibility index (Phi) is 7.12. The fraction of sp³-hybridized carbons (Fsp3) is 0.350. The molecule has 0 radical (unpaired) electrons. The van der Waals surface area contributed by atoms with Gasteiger partial charge in [0.05, 0.1) is 4.90 Å². The second-order valence-corrected chi connectivity index (χ2v) is 8.07. The minimum atomic E-state index is -4.27. The summed E-state index contributed by atoms with van der Waals surface area (Å²) in [7, 11) is -4.27. The van der Waals surface area contributed by atoms with Crippen molar-refractivity contribution in [1.82, 2.24) is 0 Å². The minimum Gasteiger partial charge on any atom is -0.744 e. The van der Waals surface area contributed by atoms with Crippen molar-refractivity contribution in [3.8, 4) is 0 Å². The second kappa shape index (κ2) is 9.12. The molecule has 0 bridgehead atoms. The predicted octanol–water partition coefficient (Wildman–Crippen LogP) is 2.90. The molecular formula is C20H24NO5S-. The normalized spacial score (nSPS) is 15.5. The predicted molar refractivity (Wildman–Crippen MR) is 101 cm³/mol. The molecule has 1 aliphatic carbocycles. The van der Waals surface area contributed by atoms with Crippen LogP contribution < -0.4 is 5.73 Å². The maximum absolute atomic E-state index is 11.8. The van der Waals surface area contributed by atoms with Crippen LogP contribution in [0, 0.1) is 6.92 Å². The Morgan fingerprint density at radius 1 is 1.07 bits per heavy atom. The summed E-state index contributed by atoms with van der Waals surface area (Å²) in [6.45, 7) is 2.14. The van der Waals surface area contributed by atoms with Crippen LogP contribution in [-0.2, 0) is 26.3 Å². The molecule has 1 fully saturated rings. The van der Waals surface area contributed by atoms with Crippen LogP contribution in [0.25, 0.3) is 0 Å². The van der Waals surface area contributed by atoms with Gasteiger partial charge in [-0.3, -0.25) is 4.79 Å². The van der Waals surface area contributed by atoms with E-state index in [9.17, 15) is 17.8 Å². The number of esters is 1. The van der Waals surface area contributed by atoms with Gasteiger partial charge in [-0.1, -0.05) is 60.9 Å². The summed E-state index contributed by atoms with van der Waals surface area (Å²) in [6, 6.07) is 15.4. The number of ether oxygens (including phenoxy) is 1. The fourth-order valence-corrected chi connectivity index (χ4v) is 3.25. The first-order chi connectivity index (χ1) is 12.7. The van der Waals surface area contributed by atoms with E-state index in [-0.39, 0.29) is 10.9 Å². The van der Waals surface area contributed by atoms with Crippen LogP contribution in [-0.4, -0.2) is 24.5 Å². The van der Waals surface area contributed by atoms with E-state index in [0.717, 1.165) is 36.8 Å². The number of carbonyl (C=O) groups is 1. The zero-order chi connectivity index (χ0) is 19.9. The van der Waals surface area contributed by atoms with E-state index >= 15 is 0 Å². The highest BCUT2D eigenvalue weighted by Crippen LogP contribution is 2.28. The van der Waals surface area contributed by atoms with E-state index in [1.54, 1.807) is 12.1 Å². The van der Waals surface area contributed by atoms with E-state index in [1.807, 2.05) is 37.3 Å². The van der Waals surface area contributed by atoms with Crippen LogP contribution >= 0.6 is 0 Å². The Morgan fingerprint density at radius 2 is 1.63 bits per heavy atom. The Morgan fingerprint density at radius 3 is 2.15 bits per heavy atom. The van der Waals surface area contributed by atoms with Crippen LogP contribution in [0.3, 0.4) is 0 Å². The molecule has 1 saturated carbocycles. The molecule has 146 valence electrons. The summed E-state index contributed by atoms with van der Waals surface area (Å²) in [5.74, 6) is -0.256. The van der Waals surface area contributed by atoms with Crippen molar-refractivity contribution in [2.24, 2.45) is 5.73 Å². The number of aryl methyl sites for hydroxylation is 1. The van der Waals surface area contributed by atoms with E-state index < -0.39 is 15.7 Å².